The third-order valence-corrected chi connectivity index (χ3v) is 4.66. The standard InChI is InChI=1S/C17H23NO4S/c1-2-13(11-23)16(19)18-9-14(8-15(18)17(20)21)22-10-12-6-4-3-5-7-12/h3-7,13-15,23H,2,8-11H2,1H3,(H,20,21)/t13?,14-,15-/m0/s1. The summed E-state index contributed by atoms with van der Waals surface area (Å²) < 4.78 is 5.82. The van der Waals surface area contributed by atoms with Gasteiger partial charge < -0.3 is 14.7 Å². The van der Waals surface area contributed by atoms with Gasteiger partial charge in [-0.3, -0.25) is 4.79 Å². The zero-order chi connectivity index (χ0) is 16.8. The van der Waals surface area contributed by atoms with Gasteiger partial charge in [0, 0.05) is 24.6 Å². The number of thiol groups is 1. The summed E-state index contributed by atoms with van der Waals surface area (Å²) in [6, 6.07) is 8.91. The number of nitrogens with zero attached hydrogens (tertiary/aromatic N) is 1. The minimum Gasteiger partial charge on any atom is -0.480 e. The van der Waals surface area contributed by atoms with E-state index in [4.69, 9.17) is 4.74 Å². The second-order valence-electron chi connectivity index (χ2n) is 5.79. The van der Waals surface area contributed by atoms with E-state index in [1.165, 1.54) is 4.90 Å². The van der Waals surface area contributed by atoms with Crippen LogP contribution in [0.25, 0.3) is 0 Å². The van der Waals surface area contributed by atoms with E-state index in [9.17, 15) is 14.7 Å². The van der Waals surface area contributed by atoms with Crippen LogP contribution in [0, 0.1) is 5.92 Å². The molecule has 3 atom stereocenters. The number of hydrogen-bond acceptors (Lipinski definition) is 4. The van der Waals surface area contributed by atoms with Crippen molar-refractivity contribution in [3.8, 4) is 0 Å². The number of benzene rings is 1. The SMILES string of the molecule is CCC(CS)C(=O)N1C[C@@H](OCc2ccccc2)C[C@H]1C(=O)O. The molecular weight excluding hydrogens is 314 g/mol. The van der Waals surface area contributed by atoms with Crippen molar-refractivity contribution in [1.82, 2.24) is 4.90 Å². The van der Waals surface area contributed by atoms with E-state index in [0.29, 0.717) is 31.7 Å². The van der Waals surface area contributed by atoms with Crippen LogP contribution in [0.1, 0.15) is 25.3 Å². The number of likely N-dealkylation sites (tertiary alicyclic amines) is 1. The minimum absolute atomic E-state index is 0.138. The van der Waals surface area contributed by atoms with Crippen molar-refractivity contribution in [2.24, 2.45) is 5.92 Å². The van der Waals surface area contributed by atoms with Gasteiger partial charge in [0.15, 0.2) is 0 Å². The predicted octanol–water partition coefficient (Wildman–Crippen LogP) is 2.21. The van der Waals surface area contributed by atoms with E-state index in [-0.39, 0.29) is 17.9 Å². The summed E-state index contributed by atoms with van der Waals surface area (Å²) in [4.78, 5) is 25.4. The lowest BCUT2D eigenvalue weighted by Crippen LogP contribution is -2.44. The number of carbonyl (C=O) groups excluding carboxylic acids is 1. The van der Waals surface area contributed by atoms with E-state index in [1.807, 2.05) is 37.3 Å². The Kier molecular flexibility index (Phi) is 6.47. The Morgan fingerprint density at radius 1 is 1.39 bits per heavy atom. The van der Waals surface area contributed by atoms with Gasteiger partial charge in [-0.25, -0.2) is 4.79 Å². The molecule has 1 N–H and O–H groups in total. The van der Waals surface area contributed by atoms with Crippen LogP contribution in [0.2, 0.25) is 0 Å². The van der Waals surface area contributed by atoms with Crippen LogP contribution in [-0.4, -0.2) is 46.3 Å². The largest absolute Gasteiger partial charge is 0.480 e. The van der Waals surface area contributed by atoms with Gasteiger partial charge in [0.2, 0.25) is 5.91 Å². The summed E-state index contributed by atoms with van der Waals surface area (Å²) in [6.07, 6.45) is 0.732. The van der Waals surface area contributed by atoms with Gasteiger partial charge in [-0.05, 0) is 12.0 Å². The number of hydrogen-bond donors (Lipinski definition) is 2. The molecule has 0 saturated carbocycles. The summed E-state index contributed by atoms with van der Waals surface area (Å²) in [5, 5.41) is 9.39. The Morgan fingerprint density at radius 2 is 2.09 bits per heavy atom. The van der Waals surface area contributed by atoms with Gasteiger partial charge in [-0.15, -0.1) is 0 Å². The van der Waals surface area contributed by atoms with E-state index >= 15 is 0 Å². The molecule has 5 nitrogen and oxygen atoms in total. The molecule has 0 radical (unpaired) electrons. The highest BCUT2D eigenvalue weighted by atomic mass is 32.1. The molecule has 126 valence electrons. The number of carboxylic acid groups (broad SMARTS) is 1. The fourth-order valence-electron chi connectivity index (χ4n) is 2.80. The third-order valence-electron chi connectivity index (χ3n) is 4.22. The fourth-order valence-corrected chi connectivity index (χ4v) is 3.21. The molecule has 0 aliphatic carbocycles. The molecule has 0 bridgehead atoms. The Balaban J connectivity index is 2.00. The van der Waals surface area contributed by atoms with Crippen LogP contribution >= 0.6 is 12.6 Å². The quantitative estimate of drug-likeness (QED) is 0.749. The summed E-state index contributed by atoms with van der Waals surface area (Å²) >= 11 is 4.19. The highest BCUT2D eigenvalue weighted by Crippen LogP contribution is 2.25. The lowest BCUT2D eigenvalue weighted by molar-refractivity contribution is -0.149. The first-order valence-corrected chi connectivity index (χ1v) is 8.49. The molecule has 1 aromatic rings. The molecule has 1 saturated heterocycles. The monoisotopic (exact) mass is 337 g/mol. The number of rotatable bonds is 7. The van der Waals surface area contributed by atoms with Crippen LogP contribution < -0.4 is 0 Å². The number of amides is 1. The van der Waals surface area contributed by atoms with Crippen LogP contribution in [0.3, 0.4) is 0 Å². The molecule has 1 unspecified atom stereocenters. The van der Waals surface area contributed by atoms with Crippen LogP contribution in [-0.2, 0) is 20.9 Å². The molecule has 2 rings (SSSR count). The predicted molar refractivity (Wildman–Crippen MR) is 90.4 cm³/mol. The Bertz CT molecular complexity index is 533. The second kappa shape index (κ2) is 8.36. The second-order valence-corrected chi connectivity index (χ2v) is 6.15. The topological polar surface area (TPSA) is 66.8 Å². The molecule has 1 amide bonds. The zero-order valence-corrected chi connectivity index (χ0v) is 14.1. The lowest BCUT2D eigenvalue weighted by atomic mass is 10.1. The Hall–Kier alpha value is -1.53. The van der Waals surface area contributed by atoms with Crippen molar-refractivity contribution in [2.45, 2.75) is 38.5 Å². The van der Waals surface area contributed by atoms with Crippen molar-refractivity contribution < 1.29 is 19.4 Å². The van der Waals surface area contributed by atoms with Crippen LogP contribution in [0.5, 0.6) is 0 Å². The van der Waals surface area contributed by atoms with E-state index in [1.54, 1.807) is 0 Å². The Labute approximate surface area is 142 Å². The molecule has 6 heteroatoms. The Morgan fingerprint density at radius 3 is 2.65 bits per heavy atom. The molecule has 1 aromatic carbocycles. The summed E-state index contributed by atoms with van der Waals surface area (Å²) in [5.41, 5.74) is 1.03. The first-order valence-electron chi connectivity index (χ1n) is 7.86. The number of carbonyl (C=O) groups is 2. The van der Waals surface area contributed by atoms with Gasteiger partial charge >= 0.3 is 5.97 Å². The van der Waals surface area contributed by atoms with E-state index in [2.05, 4.69) is 12.6 Å². The van der Waals surface area contributed by atoms with Crippen LogP contribution in [0.4, 0.5) is 0 Å². The average Bonchev–Trinajstić information content (AvgIpc) is 2.99. The molecule has 1 heterocycles. The number of ether oxygens (including phenoxy) is 1. The summed E-state index contributed by atoms with van der Waals surface area (Å²) in [6.45, 7) is 2.66. The average molecular weight is 337 g/mol. The third kappa shape index (κ3) is 4.48. The maximum absolute atomic E-state index is 12.5. The molecule has 1 aliphatic heterocycles. The summed E-state index contributed by atoms with van der Waals surface area (Å²) in [5.74, 6) is -0.930. The highest BCUT2D eigenvalue weighted by molar-refractivity contribution is 7.80. The molecule has 23 heavy (non-hydrogen) atoms. The smallest absolute Gasteiger partial charge is 0.326 e. The fraction of sp³-hybridized carbons (Fsp3) is 0.529. The summed E-state index contributed by atoms with van der Waals surface area (Å²) in [7, 11) is 0. The minimum atomic E-state index is -0.974. The first-order chi connectivity index (χ1) is 11.1. The lowest BCUT2D eigenvalue weighted by Gasteiger charge is -2.25. The van der Waals surface area contributed by atoms with Gasteiger partial charge in [-0.1, -0.05) is 37.3 Å². The first kappa shape index (κ1) is 17.8. The van der Waals surface area contributed by atoms with Crippen molar-refractivity contribution in [3.05, 3.63) is 35.9 Å². The van der Waals surface area contributed by atoms with Gasteiger partial charge in [0.05, 0.1) is 12.7 Å². The maximum Gasteiger partial charge on any atom is 0.326 e. The molecule has 0 aromatic heterocycles. The molecule has 1 fully saturated rings. The van der Waals surface area contributed by atoms with E-state index < -0.39 is 12.0 Å². The van der Waals surface area contributed by atoms with Crippen molar-refractivity contribution in [3.63, 3.8) is 0 Å². The molecule has 1 aliphatic rings. The number of aliphatic carboxylic acids is 1. The van der Waals surface area contributed by atoms with Crippen molar-refractivity contribution >= 4 is 24.5 Å². The highest BCUT2D eigenvalue weighted by Gasteiger charge is 2.41. The number of carboxylic acids is 1. The van der Waals surface area contributed by atoms with Gasteiger partial charge in [0.25, 0.3) is 0 Å². The van der Waals surface area contributed by atoms with Crippen molar-refractivity contribution in [1.29, 1.82) is 0 Å². The van der Waals surface area contributed by atoms with Gasteiger partial charge in [0.1, 0.15) is 6.04 Å². The van der Waals surface area contributed by atoms with E-state index in [0.717, 1.165) is 5.56 Å². The normalized spacial score (nSPS) is 22.1. The molecule has 0 spiro atoms. The zero-order valence-electron chi connectivity index (χ0n) is 13.2. The van der Waals surface area contributed by atoms with Gasteiger partial charge in [-0.2, -0.15) is 12.6 Å². The molecular formula is C17H23NO4S. The van der Waals surface area contributed by atoms with Crippen LogP contribution in [0.15, 0.2) is 30.3 Å². The van der Waals surface area contributed by atoms with Crippen molar-refractivity contribution in [2.75, 3.05) is 12.3 Å². The maximum atomic E-state index is 12.5.